The molecule has 0 radical (unpaired) electrons. The molecule has 2 heterocycles. The third-order valence-electron chi connectivity index (χ3n) is 4.04. The van der Waals surface area contributed by atoms with Crippen molar-refractivity contribution in [3.63, 3.8) is 0 Å². The van der Waals surface area contributed by atoms with E-state index >= 15 is 0 Å². The van der Waals surface area contributed by atoms with E-state index in [-0.39, 0.29) is 0 Å². The lowest BCUT2D eigenvalue weighted by molar-refractivity contribution is 0.153. The minimum absolute atomic E-state index is 0.822. The third kappa shape index (κ3) is 3.68. The number of fused-ring (bicyclic) bond motifs is 2. The lowest BCUT2D eigenvalue weighted by atomic mass is 10.2. The van der Waals surface area contributed by atoms with Crippen LogP contribution in [0, 0.1) is 0 Å². The molecule has 2 aliphatic rings. The lowest BCUT2D eigenvalue weighted by Crippen LogP contribution is -2.39. The Labute approximate surface area is 155 Å². The Hall–Kier alpha value is -0.360. The van der Waals surface area contributed by atoms with Gasteiger partial charge >= 0.3 is 0 Å². The second-order valence-electron chi connectivity index (χ2n) is 5.85. The molecule has 6 heteroatoms. The summed E-state index contributed by atoms with van der Waals surface area (Å²) < 4.78 is 0. The van der Waals surface area contributed by atoms with Gasteiger partial charge in [0.15, 0.2) is 0 Å². The SMILES string of the molecule is Clc1ccc2c(c1)CN(CN1CSc3ccc(Cl)cc3C1)CS2. The highest BCUT2D eigenvalue weighted by atomic mass is 35.5. The van der Waals surface area contributed by atoms with Gasteiger partial charge in [0.05, 0.1) is 18.4 Å². The molecule has 2 aromatic carbocycles. The van der Waals surface area contributed by atoms with Crippen molar-refractivity contribution < 1.29 is 0 Å². The largest absolute Gasteiger partial charge is 0.277 e. The van der Waals surface area contributed by atoms with Crippen LogP contribution in [0.15, 0.2) is 46.2 Å². The zero-order valence-corrected chi connectivity index (χ0v) is 15.6. The monoisotopic (exact) mass is 382 g/mol. The van der Waals surface area contributed by atoms with Gasteiger partial charge in [-0.25, -0.2) is 0 Å². The number of thioether (sulfide) groups is 2. The van der Waals surface area contributed by atoms with Crippen molar-refractivity contribution in [2.45, 2.75) is 22.9 Å². The van der Waals surface area contributed by atoms with Crippen molar-refractivity contribution in [1.29, 1.82) is 0 Å². The Balaban J connectivity index is 1.44. The summed E-state index contributed by atoms with van der Waals surface area (Å²) in [6.07, 6.45) is 0. The summed E-state index contributed by atoms with van der Waals surface area (Å²) in [6, 6.07) is 12.4. The van der Waals surface area contributed by atoms with Crippen LogP contribution in [0.2, 0.25) is 10.0 Å². The Morgan fingerprint density at radius 3 is 1.74 bits per heavy atom. The zero-order chi connectivity index (χ0) is 15.8. The van der Waals surface area contributed by atoms with E-state index in [0.717, 1.165) is 41.6 Å². The van der Waals surface area contributed by atoms with Crippen LogP contribution in [0.25, 0.3) is 0 Å². The van der Waals surface area contributed by atoms with E-state index in [9.17, 15) is 0 Å². The molecule has 0 N–H and O–H groups in total. The van der Waals surface area contributed by atoms with E-state index in [0.29, 0.717) is 0 Å². The minimum Gasteiger partial charge on any atom is -0.277 e. The molecule has 0 aliphatic carbocycles. The predicted molar refractivity (Wildman–Crippen MR) is 100 cm³/mol. The maximum absolute atomic E-state index is 6.13. The van der Waals surface area contributed by atoms with Crippen LogP contribution in [-0.2, 0) is 13.1 Å². The summed E-state index contributed by atoms with van der Waals surface area (Å²) in [5.41, 5.74) is 2.67. The van der Waals surface area contributed by atoms with Gasteiger partial charge < -0.3 is 0 Å². The molecule has 2 nitrogen and oxygen atoms in total. The fourth-order valence-corrected chi connectivity index (χ4v) is 5.31. The molecule has 0 amide bonds. The molecule has 2 aliphatic heterocycles. The van der Waals surface area contributed by atoms with Crippen LogP contribution in [0.5, 0.6) is 0 Å². The highest BCUT2D eigenvalue weighted by molar-refractivity contribution is 7.99. The van der Waals surface area contributed by atoms with Gasteiger partial charge in [-0.05, 0) is 47.5 Å². The molecule has 0 fully saturated rings. The fraction of sp³-hybridized carbons (Fsp3) is 0.294. The third-order valence-corrected chi connectivity index (χ3v) is 6.92. The second-order valence-corrected chi connectivity index (χ2v) is 8.70. The Morgan fingerprint density at radius 2 is 1.26 bits per heavy atom. The predicted octanol–water partition coefficient (Wildman–Crippen LogP) is 5.38. The molecular weight excluding hydrogens is 367 g/mol. The molecule has 0 spiro atoms. The smallest absolute Gasteiger partial charge is 0.0528 e. The summed E-state index contributed by atoms with van der Waals surface area (Å²) in [5, 5.41) is 1.64. The number of rotatable bonds is 2. The van der Waals surface area contributed by atoms with Crippen LogP contribution >= 0.6 is 46.7 Å². The van der Waals surface area contributed by atoms with Gasteiger partial charge in [0.25, 0.3) is 0 Å². The molecule has 0 atom stereocenters. The van der Waals surface area contributed by atoms with Gasteiger partial charge in [0.2, 0.25) is 0 Å². The summed E-state index contributed by atoms with van der Waals surface area (Å²) in [6.45, 7) is 2.90. The Bertz CT molecular complexity index is 677. The molecule has 23 heavy (non-hydrogen) atoms. The number of nitrogens with zero attached hydrogens (tertiary/aromatic N) is 2. The van der Waals surface area contributed by atoms with Crippen molar-refractivity contribution in [2.75, 3.05) is 18.4 Å². The Kier molecular flexibility index (Phi) is 4.81. The maximum Gasteiger partial charge on any atom is 0.0528 e. The van der Waals surface area contributed by atoms with Gasteiger partial charge in [-0.2, -0.15) is 0 Å². The molecule has 120 valence electrons. The van der Waals surface area contributed by atoms with Crippen LogP contribution in [-0.4, -0.2) is 28.2 Å². The Morgan fingerprint density at radius 1 is 0.783 bits per heavy atom. The number of benzene rings is 2. The average molecular weight is 383 g/mol. The first-order chi connectivity index (χ1) is 11.2. The van der Waals surface area contributed by atoms with Gasteiger partial charge in [-0.15, -0.1) is 23.5 Å². The van der Waals surface area contributed by atoms with Crippen LogP contribution in [0.1, 0.15) is 11.1 Å². The maximum atomic E-state index is 6.13. The topological polar surface area (TPSA) is 6.48 Å². The van der Waals surface area contributed by atoms with Gasteiger partial charge in [-0.1, -0.05) is 23.2 Å². The fourth-order valence-electron chi connectivity index (χ4n) is 2.98. The zero-order valence-electron chi connectivity index (χ0n) is 12.5. The van der Waals surface area contributed by atoms with Crippen molar-refractivity contribution in [3.05, 3.63) is 57.6 Å². The van der Waals surface area contributed by atoms with Gasteiger partial charge in [-0.3, -0.25) is 9.80 Å². The first-order valence-electron chi connectivity index (χ1n) is 7.44. The molecule has 0 aromatic heterocycles. The molecule has 0 saturated heterocycles. The molecule has 4 rings (SSSR count). The normalized spacial score (nSPS) is 18.5. The molecule has 0 bridgehead atoms. The summed E-state index contributed by atoms with van der Waals surface area (Å²) in [4.78, 5) is 7.66. The summed E-state index contributed by atoms with van der Waals surface area (Å²) in [5.74, 6) is 2.05. The minimum atomic E-state index is 0.822. The number of hydrogen-bond donors (Lipinski definition) is 0. The lowest BCUT2D eigenvalue weighted by Gasteiger charge is -2.35. The highest BCUT2D eigenvalue weighted by Crippen LogP contribution is 2.35. The first-order valence-corrected chi connectivity index (χ1v) is 10.2. The molecular formula is C17H16Cl2N2S2. The quantitative estimate of drug-likeness (QED) is 0.686. The number of halogens is 2. The first kappa shape index (κ1) is 16.1. The summed E-state index contributed by atoms with van der Waals surface area (Å²) in [7, 11) is 0. The van der Waals surface area contributed by atoms with Crippen molar-refractivity contribution >= 4 is 46.7 Å². The van der Waals surface area contributed by atoms with Crippen molar-refractivity contribution in [1.82, 2.24) is 9.80 Å². The van der Waals surface area contributed by atoms with Crippen LogP contribution in [0.4, 0.5) is 0 Å². The molecule has 0 unspecified atom stereocenters. The van der Waals surface area contributed by atoms with Crippen LogP contribution in [0.3, 0.4) is 0 Å². The average Bonchev–Trinajstić information content (AvgIpc) is 2.54. The number of hydrogen-bond acceptors (Lipinski definition) is 4. The van der Waals surface area contributed by atoms with Gasteiger partial charge in [0.1, 0.15) is 0 Å². The highest BCUT2D eigenvalue weighted by Gasteiger charge is 2.22. The standard InChI is InChI=1S/C17H16Cl2N2S2/c18-14-1-3-16-12(5-14)7-20(10-22-16)9-21-8-13-6-15(19)2-4-17(13)23-11-21/h1-6H,7-11H2. The van der Waals surface area contributed by atoms with Crippen molar-refractivity contribution in [3.8, 4) is 0 Å². The van der Waals surface area contributed by atoms with E-state index in [2.05, 4.69) is 34.1 Å². The van der Waals surface area contributed by atoms with Crippen LogP contribution < -0.4 is 0 Å². The van der Waals surface area contributed by atoms with E-state index < -0.39 is 0 Å². The molecule has 0 saturated carbocycles. The molecule has 2 aromatic rings. The van der Waals surface area contributed by atoms with E-state index in [4.69, 9.17) is 23.2 Å². The van der Waals surface area contributed by atoms with E-state index in [1.54, 1.807) is 0 Å². The van der Waals surface area contributed by atoms with E-state index in [1.165, 1.54) is 20.9 Å². The van der Waals surface area contributed by atoms with E-state index in [1.807, 2.05) is 35.7 Å². The van der Waals surface area contributed by atoms with Crippen molar-refractivity contribution in [2.24, 2.45) is 0 Å². The summed E-state index contributed by atoms with van der Waals surface area (Å²) >= 11 is 16.1. The van der Waals surface area contributed by atoms with Gasteiger partial charge in [0, 0.05) is 32.9 Å². The second kappa shape index (κ2) is 6.87.